The second kappa shape index (κ2) is 19.5. The topological polar surface area (TPSA) is 17.1 Å². The Kier molecular flexibility index (Phi) is 20.8. The molecule has 146 valence electrons. The van der Waals surface area contributed by atoms with E-state index >= 15 is 0 Å². The summed E-state index contributed by atoms with van der Waals surface area (Å²) >= 11 is 4.25. The first-order valence-electron chi connectivity index (χ1n) is 10.5. The lowest BCUT2D eigenvalue weighted by atomic mass is 10.0. The molecule has 0 heterocycles. The smallest absolute Gasteiger partial charge is 0.198 e. The lowest BCUT2D eigenvalue weighted by Crippen LogP contribution is -1.84. The Hall–Kier alpha value is 1.69. The van der Waals surface area contributed by atoms with Crippen molar-refractivity contribution >= 4 is 46.5 Å². The van der Waals surface area contributed by atoms with Gasteiger partial charge in [0.25, 0.3) is 0 Å². The number of hydrogen-bond donors (Lipinski definition) is 0. The second-order valence-electron chi connectivity index (χ2n) is 7.30. The minimum atomic E-state index is -1.82. The fourth-order valence-corrected chi connectivity index (χ4v) is 5.84. The van der Waals surface area contributed by atoms with Crippen LogP contribution in [0.1, 0.15) is 122 Å². The maximum Gasteiger partial charge on any atom is 0.198 e. The molecule has 0 unspecified atom stereocenters. The van der Waals surface area contributed by atoms with Gasteiger partial charge in [-0.15, -0.1) is 0 Å². The summed E-state index contributed by atoms with van der Waals surface area (Å²) in [5, 5.41) is 0. The molecule has 4 heteroatoms. The molecule has 0 fully saturated rings. The third-order valence-corrected chi connectivity index (χ3v) is 8.50. The van der Waals surface area contributed by atoms with Crippen LogP contribution in [-0.2, 0) is 4.57 Å². The van der Waals surface area contributed by atoms with Crippen molar-refractivity contribution in [3.8, 4) is 0 Å². The highest BCUT2D eigenvalue weighted by atomic mass is 127. The Morgan fingerprint density at radius 1 is 0.500 bits per heavy atom. The van der Waals surface area contributed by atoms with Crippen molar-refractivity contribution in [1.82, 2.24) is 0 Å². The Balaban J connectivity index is 3.02. The Morgan fingerprint density at radius 2 is 0.750 bits per heavy atom. The van der Waals surface area contributed by atoms with Gasteiger partial charge in [-0.3, -0.25) is 0 Å². The molecule has 0 spiro atoms. The Labute approximate surface area is 178 Å². The molecule has 0 aromatic carbocycles. The zero-order valence-corrected chi connectivity index (χ0v) is 21.3. The van der Waals surface area contributed by atoms with Crippen LogP contribution in [-0.4, -0.2) is 6.16 Å². The van der Waals surface area contributed by atoms with Crippen LogP contribution in [0.4, 0.5) is 0 Å². The van der Waals surface area contributed by atoms with E-state index in [-0.39, 0.29) is 0 Å². The molecular weight excluding hydrogens is 541 g/mol. The average Bonchev–Trinajstić information content (AvgIpc) is 2.52. The zero-order valence-electron chi connectivity index (χ0n) is 16.0. The molecule has 0 saturated heterocycles. The highest BCUT2D eigenvalue weighted by molar-refractivity contribution is 14.3. The Morgan fingerprint density at radius 3 is 1.00 bits per heavy atom. The molecule has 0 N–H and O–H groups in total. The molecule has 0 rings (SSSR count). The quantitative estimate of drug-likeness (QED) is 0.0842. The summed E-state index contributed by atoms with van der Waals surface area (Å²) in [4.78, 5) is 0. The number of halogens is 2. The van der Waals surface area contributed by atoms with Crippen molar-refractivity contribution in [2.24, 2.45) is 0 Å². The summed E-state index contributed by atoms with van der Waals surface area (Å²) in [6, 6.07) is 0. The van der Waals surface area contributed by atoms with Gasteiger partial charge in [0.1, 0.15) is 0 Å². The predicted octanol–water partition coefficient (Wildman–Crippen LogP) is 10.1. The summed E-state index contributed by atoms with van der Waals surface area (Å²) in [6.07, 6.45) is 26.3. The number of unbranched alkanes of at least 4 members (excludes halogenated alkanes) is 17. The fraction of sp³-hybridized carbons (Fsp3) is 1.00. The minimum absolute atomic E-state index is 0.923. The molecule has 0 aliphatic heterocycles. The average molecular weight is 582 g/mol. The largest absolute Gasteiger partial charge is 0.302 e. The van der Waals surface area contributed by atoms with Gasteiger partial charge in [-0.1, -0.05) is 116 Å². The molecule has 24 heavy (non-hydrogen) atoms. The van der Waals surface area contributed by atoms with Crippen molar-refractivity contribution in [2.45, 2.75) is 122 Å². The van der Waals surface area contributed by atoms with E-state index < -0.39 is 2.43 Å². The summed E-state index contributed by atoms with van der Waals surface area (Å²) in [7, 11) is 0. The number of rotatable bonds is 19. The van der Waals surface area contributed by atoms with E-state index in [0.717, 1.165) is 12.6 Å². The van der Waals surface area contributed by atoms with Crippen molar-refractivity contribution < 1.29 is 4.57 Å². The summed E-state index contributed by atoms with van der Waals surface area (Å²) in [5.74, 6) is 0. The predicted molar refractivity (Wildman–Crippen MR) is 129 cm³/mol. The van der Waals surface area contributed by atoms with Crippen LogP contribution in [0.2, 0.25) is 0 Å². The first-order chi connectivity index (χ1) is 11.6. The van der Waals surface area contributed by atoms with E-state index in [1.165, 1.54) is 109 Å². The summed E-state index contributed by atoms with van der Waals surface area (Å²) < 4.78 is 9.74. The van der Waals surface area contributed by atoms with E-state index in [0.29, 0.717) is 0 Å². The molecule has 0 radical (unpaired) electrons. The monoisotopic (exact) mass is 582 g/mol. The standard InChI is InChI=1S/C20H41I2OP/c1-2-3-4-5-6-7-8-9-10-11-12-13-14-15-16-17-18-19-20-24(21,22)23/h2-20H2,1H3. The fourth-order valence-electron chi connectivity index (χ4n) is 3.20. The van der Waals surface area contributed by atoms with Gasteiger partial charge in [0.15, 0.2) is 2.43 Å². The molecule has 1 nitrogen and oxygen atoms in total. The van der Waals surface area contributed by atoms with Crippen LogP contribution >= 0.6 is 46.5 Å². The van der Waals surface area contributed by atoms with E-state index in [4.69, 9.17) is 0 Å². The lowest BCUT2D eigenvalue weighted by Gasteiger charge is -2.04. The minimum Gasteiger partial charge on any atom is -0.302 e. The zero-order chi connectivity index (χ0) is 17.9. The molecule has 0 aromatic heterocycles. The van der Waals surface area contributed by atoms with Crippen molar-refractivity contribution in [3.63, 3.8) is 0 Å². The van der Waals surface area contributed by atoms with Gasteiger partial charge in [-0.05, 0) is 6.42 Å². The molecule has 0 aromatic rings. The third-order valence-electron chi connectivity index (χ3n) is 4.77. The molecular formula is C20H41I2OP. The molecule has 0 amide bonds. The Bertz CT molecular complexity index is 291. The van der Waals surface area contributed by atoms with Crippen LogP contribution < -0.4 is 0 Å². The normalized spacial score (nSPS) is 12.0. The van der Waals surface area contributed by atoms with Gasteiger partial charge in [0.05, 0.1) is 0 Å². The van der Waals surface area contributed by atoms with Crippen LogP contribution in [0.5, 0.6) is 0 Å². The van der Waals surface area contributed by atoms with Crippen molar-refractivity contribution in [2.75, 3.05) is 6.16 Å². The van der Waals surface area contributed by atoms with Gasteiger partial charge in [-0.2, -0.15) is 0 Å². The maximum absolute atomic E-state index is 11.6. The van der Waals surface area contributed by atoms with E-state index in [1.807, 2.05) is 0 Å². The second-order valence-corrected chi connectivity index (χ2v) is 23.8. The number of hydrogen-bond acceptors (Lipinski definition) is 1. The molecule has 0 aliphatic rings. The van der Waals surface area contributed by atoms with Gasteiger partial charge in [0, 0.05) is 50.2 Å². The third kappa shape index (κ3) is 23.7. The van der Waals surface area contributed by atoms with E-state index in [2.05, 4.69) is 51.0 Å². The van der Waals surface area contributed by atoms with E-state index in [9.17, 15) is 4.57 Å². The maximum atomic E-state index is 11.6. The highest BCUT2D eigenvalue weighted by Crippen LogP contribution is 2.63. The van der Waals surface area contributed by atoms with Crippen LogP contribution in [0, 0.1) is 0 Å². The molecule has 0 atom stereocenters. The van der Waals surface area contributed by atoms with Crippen LogP contribution in [0.15, 0.2) is 0 Å². The molecule has 0 bridgehead atoms. The van der Waals surface area contributed by atoms with Gasteiger partial charge in [0.2, 0.25) is 0 Å². The SMILES string of the molecule is CCCCCCCCCCCCCCCCCCCCP(=O)(I)I. The first kappa shape index (κ1) is 25.7. The highest BCUT2D eigenvalue weighted by Gasteiger charge is 2.10. The molecule has 0 saturated carbocycles. The summed E-state index contributed by atoms with van der Waals surface area (Å²) in [5.41, 5.74) is 0. The molecule has 0 aliphatic carbocycles. The van der Waals surface area contributed by atoms with Crippen molar-refractivity contribution in [1.29, 1.82) is 0 Å². The van der Waals surface area contributed by atoms with Gasteiger partial charge < -0.3 is 4.57 Å². The van der Waals surface area contributed by atoms with E-state index in [1.54, 1.807) is 0 Å². The van der Waals surface area contributed by atoms with Crippen molar-refractivity contribution in [3.05, 3.63) is 0 Å². The lowest BCUT2D eigenvalue weighted by molar-refractivity contribution is 0.526. The van der Waals surface area contributed by atoms with Crippen LogP contribution in [0.3, 0.4) is 0 Å². The summed E-state index contributed by atoms with van der Waals surface area (Å²) in [6.45, 7) is 2.29. The van der Waals surface area contributed by atoms with Crippen LogP contribution in [0.25, 0.3) is 0 Å². The van der Waals surface area contributed by atoms with Gasteiger partial charge >= 0.3 is 0 Å². The first-order valence-corrected chi connectivity index (χ1v) is 18.0. The van der Waals surface area contributed by atoms with Gasteiger partial charge in [-0.25, -0.2) is 0 Å².